The molecular weight excluding hydrogens is 445 g/mol. The first-order valence-corrected chi connectivity index (χ1v) is 11.1. The summed E-state index contributed by atoms with van der Waals surface area (Å²) in [4.78, 5) is 17.6. The third kappa shape index (κ3) is 4.33. The van der Waals surface area contributed by atoms with Crippen LogP contribution in [0.25, 0.3) is 17.0 Å². The highest BCUT2D eigenvalue weighted by Gasteiger charge is 2.24. The molecule has 1 amide bonds. The van der Waals surface area contributed by atoms with Crippen LogP contribution in [0, 0.1) is 5.82 Å². The predicted octanol–water partition coefficient (Wildman–Crippen LogP) is 6.37. The van der Waals surface area contributed by atoms with Gasteiger partial charge in [-0.05, 0) is 65.9 Å². The number of para-hydroxylation sites is 1. The van der Waals surface area contributed by atoms with Crippen LogP contribution in [0.3, 0.4) is 0 Å². The second-order valence-electron chi connectivity index (χ2n) is 7.31. The van der Waals surface area contributed by atoms with Crippen LogP contribution in [0.15, 0.2) is 88.9 Å². The van der Waals surface area contributed by atoms with Gasteiger partial charge in [-0.25, -0.2) is 9.38 Å². The van der Waals surface area contributed by atoms with Crippen LogP contribution in [0.1, 0.15) is 11.1 Å². The van der Waals surface area contributed by atoms with Crippen molar-refractivity contribution in [1.82, 2.24) is 9.88 Å². The summed E-state index contributed by atoms with van der Waals surface area (Å²) >= 11 is 7.22. The standard InChI is InChI=1S/C25H17ClFN3OS/c26-18-7-11-20(12-8-18)28-25-29-24(31)23(32-25)13-17-15-30(22-4-2-1-3-21(17)22)14-16-5-9-19(27)10-6-16/h1-13,15H,14H2,(H,28,29,31)/b23-13-. The molecular formula is C25H17ClFN3OS. The van der Waals surface area contributed by atoms with E-state index in [1.807, 2.05) is 36.5 Å². The quantitative estimate of drug-likeness (QED) is 0.359. The number of thioether (sulfide) groups is 1. The van der Waals surface area contributed by atoms with Crippen molar-refractivity contribution in [2.75, 3.05) is 0 Å². The number of benzene rings is 3. The van der Waals surface area contributed by atoms with Crippen molar-refractivity contribution < 1.29 is 9.18 Å². The number of carbonyl (C=O) groups is 1. The lowest BCUT2D eigenvalue weighted by Gasteiger charge is -2.05. The number of fused-ring (bicyclic) bond motifs is 1. The molecule has 1 saturated heterocycles. The van der Waals surface area contributed by atoms with E-state index in [1.165, 1.54) is 23.9 Å². The molecule has 0 aliphatic carbocycles. The van der Waals surface area contributed by atoms with E-state index in [-0.39, 0.29) is 11.7 Å². The van der Waals surface area contributed by atoms with Crippen LogP contribution in [0.2, 0.25) is 5.02 Å². The van der Waals surface area contributed by atoms with Gasteiger partial charge in [-0.15, -0.1) is 0 Å². The average Bonchev–Trinajstić information content (AvgIpc) is 3.31. The normalized spacial score (nSPS) is 16.2. The van der Waals surface area contributed by atoms with Crippen LogP contribution in [-0.2, 0) is 11.3 Å². The fourth-order valence-corrected chi connectivity index (χ4v) is 4.52. The van der Waals surface area contributed by atoms with E-state index in [0.717, 1.165) is 22.0 Å². The van der Waals surface area contributed by atoms with Gasteiger partial charge in [0, 0.05) is 34.2 Å². The number of rotatable bonds is 4. The van der Waals surface area contributed by atoms with Crippen molar-refractivity contribution >= 4 is 57.1 Å². The first kappa shape index (κ1) is 20.5. The minimum atomic E-state index is -0.253. The number of amides is 1. The minimum Gasteiger partial charge on any atom is -0.342 e. The summed E-state index contributed by atoms with van der Waals surface area (Å²) < 4.78 is 15.4. The van der Waals surface area contributed by atoms with E-state index in [1.54, 1.807) is 36.4 Å². The van der Waals surface area contributed by atoms with E-state index >= 15 is 0 Å². The predicted molar refractivity (Wildman–Crippen MR) is 130 cm³/mol. The van der Waals surface area contributed by atoms with Crippen molar-refractivity contribution in [2.24, 2.45) is 4.99 Å². The largest absolute Gasteiger partial charge is 0.342 e. The van der Waals surface area contributed by atoms with Crippen LogP contribution < -0.4 is 5.32 Å². The number of hydrogen-bond donors (Lipinski definition) is 1. The molecule has 0 radical (unpaired) electrons. The number of hydrogen-bond acceptors (Lipinski definition) is 3. The molecule has 4 nitrogen and oxygen atoms in total. The molecule has 0 bridgehead atoms. The molecule has 1 fully saturated rings. The molecule has 0 spiro atoms. The summed E-state index contributed by atoms with van der Waals surface area (Å²) in [6, 6.07) is 21.6. The molecule has 4 aromatic rings. The maximum absolute atomic E-state index is 13.3. The summed E-state index contributed by atoms with van der Waals surface area (Å²) in [5, 5.41) is 5.02. The summed E-state index contributed by atoms with van der Waals surface area (Å²) in [5.41, 5.74) is 3.70. The zero-order valence-electron chi connectivity index (χ0n) is 16.8. The minimum absolute atomic E-state index is 0.182. The van der Waals surface area contributed by atoms with Crippen molar-refractivity contribution in [2.45, 2.75) is 6.54 Å². The van der Waals surface area contributed by atoms with E-state index in [9.17, 15) is 9.18 Å². The Morgan fingerprint density at radius 1 is 1.03 bits per heavy atom. The second-order valence-corrected chi connectivity index (χ2v) is 8.78. The van der Waals surface area contributed by atoms with Crippen molar-refractivity contribution in [1.29, 1.82) is 0 Å². The van der Waals surface area contributed by atoms with Crippen molar-refractivity contribution in [3.8, 4) is 0 Å². The van der Waals surface area contributed by atoms with Gasteiger partial charge in [0.1, 0.15) is 5.82 Å². The summed E-state index contributed by atoms with van der Waals surface area (Å²) in [6.45, 7) is 0.604. The molecule has 5 rings (SSSR count). The van der Waals surface area contributed by atoms with E-state index < -0.39 is 0 Å². The molecule has 0 unspecified atom stereocenters. The molecule has 1 aliphatic heterocycles. The Hall–Kier alpha value is -3.35. The highest BCUT2D eigenvalue weighted by Crippen LogP contribution is 2.31. The van der Waals surface area contributed by atoms with Crippen LogP contribution in [0.4, 0.5) is 10.1 Å². The molecule has 2 heterocycles. The topological polar surface area (TPSA) is 46.4 Å². The van der Waals surface area contributed by atoms with Gasteiger partial charge < -0.3 is 9.88 Å². The monoisotopic (exact) mass is 461 g/mol. The van der Waals surface area contributed by atoms with Gasteiger partial charge in [0.05, 0.1) is 10.6 Å². The molecule has 158 valence electrons. The molecule has 1 aliphatic rings. The maximum atomic E-state index is 13.3. The lowest BCUT2D eigenvalue weighted by atomic mass is 10.1. The SMILES string of the molecule is O=C1NC(=Nc2ccc(Cl)cc2)S/C1=C\c1cn(Cc2ccc(F)cc2)c2ccccc12. The maximum Gasteiger partial charge on any atom is 0.264 e. The number of aromatic nitrogens is 1. The highest BCUT2D eigenvalue weighted by atomic mass is 35.5. The Kier molecular flexibility index (Phi) is 5.55. The Morgan fingerprint density at radius 2 is 1.78 bits per heavy atom. The number of amidine groups is 1. The molecule has 0 saturated carbocycles. The lowest BCUT2D eigenvalue weighted by Crippen LogP contribution is -2.19. The van der Waals surface area contributed by atoms with Crippen LogP contribution in [0.5, 0.6) is 0 Å². The number of halogens is 2. The van der Waals surface area contributed by atoms with Gasteiger partial charge >= 0.3 is 0 Å². The van der Waals surface area contributed by atoms with Gasteiger partial charge in [0.15, 0.2) is 5.17 Å². The molecule has 0 atom stereocenters. The average molecular weight is 462 g/mol. The van der Waals surface area contributed by atoms with Gasteiger partial charge in [0.25, 0.3) is 5.91 Å². The van der Waals surface area contributed by atoms with Gasteiger partial charge in [0.2, 0.25) is 0 Å². The smallest absolute Gasteiger partial charge is 0.264 e. The molecule has 32 heavy (non-hydrogen) atoms. The van der Waals surface area contributed by atoms with E-state index in [0.29, 0.717) is 27.3 Å². The lowest BCUT2D eigenvalue weighted by molar-refractivity contribution is -0.115. The summed E-state index contributed by atoms with van der Waals surface area (Å²) in [6.07, 6.45) is 3.90. The van der Waals surface area contributed by atoms with E-state index in [4.69, 9.17) is 11.6 Å². The molecule has 1 N–H and O–H groups in total. The zero-order valence-corrected chi connectivity index (χ0v) is 18.3. The molecule has 7 heteroatoms. The Labute approximate surface area is 193 Å². The summed E-state index contributed by atoms with van der Waals surface area (Å²) in [7, 11) is 0. The van der Waals surface area contributed by atoms with Crippen LogP contribution >= 0.6 is 23.4 Å². The summed E-state index contributed by atoms with van der Waals surface area (Å²) in [5.74, 6) is -0.435. The van der Waals surface area contributed by atoms with Gasteiger partial charge in [-0.1, -0.05) is 41.9 Å². The fraction of sp³-hybridized carbons (Fsp3) is 0.0400. The van der Waals surface area contributed by atoms with Crippen LogP contribution in [-0.4, -0.2) is 15.6 Å². The first-order chi connectivity index (χ1) is 15.5. The number of carbonyl (C=O) groups excluding carboxylic acids is 1. The zero-order chi connectivity index (χ0) is 22.1. The highest BCUT2D eigenvalue weighted by molar-refractivity contribution is 8.18. The van der Waals surface area contributed by atoms with Crippen molar-refractivity contribution in [3.05, 3.63) is 106 Å². The third-order valence-corrected chi connectivity index (χ3v) is 6.24. The molecule has 3 aromatic carbocycles. The van der Waals surface area contributed by atoms with E-state index in [2.05, 4.69) is 14.9 Å². The van der Waals surface area contributed by atoms with Gasteiger partial charge in [-0.3, -0.25) is 4.79 Å². The van der Waals surface area contributed by atoms with Crippen molar-refractivity contribution in [3.63, 3.8) is 0 Å². The number of aliphatic imine (C=N–C) groups is 1. The number of nitrogens with one attached hydrogen (secondary N) is 1. The fourth-order valence-electron chi connectivity index (χ4n) is 3.56. The first-order valence-electron chi connectivity index (χ1n) is 9.93. The Morgan fingerprint density at radius 3 is 2.56 bits per heavy atom. The molecule has 1 aromatic heterocycles. The second kappa shape index (κ2) is 8.65. The Bertz CT molecular complexity index is 1370. The number of nitrogens with zero attached hydrogens (tertiary/aromatic N) is 2. The third-order valence-electron chi connectivity index (χ3n) is 5.08. The Balaban J connectivity index is 1.46. The van der Waals surface area contributed by atoms with Gasteiger partial charge in [-0.2, -0.15) is 0 Å².